The Morgan fingerprint density at radius 3 is 2.84 bits per heavy atom. The maximum Gasteiger partial charge on any atom is 0.0468 e. The van der Waals surface area contributed by atoms with Gasteiger partial charge in [-0.05, 0) is 78.1 Å². The molecule has 1 N–H and O–H groups in total. The van der Waals surface area contributed by atoms with E-state index >= 15 is 0 Å². The Hall–Kier alpha value is 0.350. The Morgan fingerprint density at radius 2 is 2.16 bits per heavy atom. The topological polar surface area (TPSA) is 21.3 Å². The summed E-state index contributed by atoms with van der Waals surface area (Å²) in [6.07, 6.45) is 3.61. The molecule has 0 bridgehead atoms. The van der Waals surface area contributed by atoms with Crippen molar-refractivity contribution in [2.24, 2.45) is 5.92 Å². The second kappa shape index (κ2) is 7.96. The molecular formula is C15H21BrINO. The minimum atomic E-state index is 0.456. The summed E-state index contributed by atoms with van der Waals surface area (Å²) in [6.45, 7) is 5.05. The van der Waals surface area contributed by atoms with Crippen LogP contribution in [0.4, 0.5) is 0 Å². The fraction of sp³-hybridized carbons (Fsp3) is 0.600. The molecule has 0 radical (unpaired) electrons. The predicted molar refractivity (Wildman–Crippen MR) is 91.4 cm³/mol. The lowest BCUT2D eigenvalue weighted by atomic mass is 9.89. The molecule has 1 fully saturated rings. The number of rotatable bonds is 5. The fourth-order valence-corrected chi connectivity index (χ4v) is 3.75. The highest BCUT2D eigenvalue weighted by Crippen LogP contribution is 2.31. The van der Waals surface area contributed by atoms with E-state index in [2.05, 4.69) is 69.0 Å². The van der Waals surface area contributed by atoms with Crippen molar-refractivity contribution in [3.05, 3.63) is 31.8 Å². The molecule has 106 valence electrons. The number of hydrogen-bond acceptors (Lipinski definition) is 2. The second-order valence-electron chi connectivity index (χ2n) is 5.07. The van der Waals surface area contributed by atoms with Gasteiger partial charge in [-0.1, -0.05) is 22.9 Å². The minimum Gasteiger partial charge on any atom is -0.381 e. The van der Waals surface area contributed by atoms with E-state index in [0.29, 0.717) is 6.04 Å². The molecule has 0 aromatic heterocycles. The van der Waals surface area contributed by atoms with Crippen LogP contribution >= 0.6 is 38.5 Å². The van der Waals surface area contributed by atoms with Crippen molar-refractivity contribution in [1.82, 2.24) is 5.32 Å². The highest BCUT2D eigenvalue weighted by molar-refractivity contribution is 14.1. The lowest BCUT2D eigenvalue weighted by Crippen LogP contribution is -2.26. The van der Waals surface area contributed by atoms with Gasteiger partial charge in [0.15, 0.2) is 0 Å². The molecule has 1 unspecified atom stereocenters. The third-order valence-electron chi connectivity index (χ3n) is 3.69. The van der Waals surface area contributed by atoms with E-state index in [4.69, 9.17) is 4.74 Å². The van der Waals surface area contributed by atoms with Gasteiger partial charge in [0.25, 0.3) is 0 Å². The summed E-state index contributed by atoms with van der Waals surface area (Å²) < 4.78 is 7.97. The van der Waals surface area contributed by atoms with Gasteiger partial charge in [-0.2, -0.15) is 0 Å². The van der Waals surface area contributed by atoms with E-state index in [0.717, 1.165) is 30.1 Å². The zero-order valence-corrected chi connectivity index (χ0v) is 15.0. The predicted octanol–water partition coefficient (Wildman–Crippen LogP) is 4.52. The SMILES string of the molecule is CCNC(CC1CCOCC1)c1cc(Br)ccc1I. The Bertz CT molecular complexity index is 407. The Kier molecular flexibility index (Phi) is 6.59. The molecule has 1 aromatic rings. The van der Waals surface area contributed by atoms with Crippen LogP contribution in [0.25, 0.3) is 0 Å². The van der Waals surface area contributed by atoms with Gasteiger partial charge in [0.05, 0.1) is 0 Å². The zero-order valence-electron chi connectivity index (χ0n) is 11.3. The maximum absolute atomic E-state index is 5.46. The van der Waals surface area contributed by atoms with Crippen molar-refractivity contribution in [1.29, 1.82) is 0 Å². The number of ether oxygens (including phenoxy) is 1. The van der Waals surface area contributed by atoms with Gasteiger partial charge >= 0.3 is 0 Å². The van der Waals surface area contributed by atoms with E-state index in [-0.39, 0.29) is 0 Å². The van der Waals surface area contributed by atoms with Crippen LogP contribution in [0.3, 0.4) is 0 Å². The van der Waals surface area contributed by atoms with E-state index < -0.39 is 0 Å². The summed E-state index contributed by atoms with van der Waals surface area (Å²) >= 11 is 6.03. The zero-order chi connectivity index (χ0) is 13.7. The van der Waals surface area contributed by atoms with Crippen LogP contribution in [0.15, 0.2) is 22.7 Å². The number of nitrogens with one attached hydrogen (secondary N) is 1. The minimum absolute atomic E-state index is 0.456. The Balaban J connectivity index is 2.11. The summed E-state index contributed by atoms with van der Waals surface area (Å²) in [5.41, 5.74) is 1.42. The normalized spacial score (nSPS) is 18.5. The van der Waals surface area contributed by atoms with E-state index in [9.17, 15) is 0 Å². The van der Waals surface area contributed by atoms with Crippen molar-refractivity contribution in [3.63, 3.8) is 0 Å². The molecular weight excluding hydrogens is 417 g/mol. The first kappa shape index (κ1) is 15.7. The molecule has 0 saturated carbocycles. The quantitative estimate of drug-likeness (QED) is 0.683. The molecule has 0 aliphatic carbocycles. The molecule has 1 aliphatic heterocycles. The summed E-state index contributed by atoms with van der Waals surface area (Å²) in [6, 6.07) is 7.02. The average molecular weight is 438 g/mol. The van der Waals surface area contributed by atoms with Crippen LogP contribution in [0.2, 0.25) is 0 Å². The molecule has 1 saturated heterocycles. The van der Waals surface area contributed by atoms with Crippen molar-refractivity contribution < 1.29 is 4.74 Å². The van der Waals surface area contributed by atoms with Gasteiger partial charge in [-0.25, -0.2) is 0 Å². The third kappa shape index (κ3) is 4.69. The van der Waals surface area contributed by atoms with Crippen LogP contribution in [0.1, 0.15) is 37.8 Å². The van der Waals surface area contributed by atoms with Gasteiger partial charge in [-0.3, -0.25) is 0 Å². The Morgan fingerprint density at radius 1 is 1.42 bits per heavy atom. The van der Waals surface area contributed by atoms with Gasteiger partial charge in [-0.15, -0.1) is 0 Å². The van der Waals surface area contributed by atoms with Crippen molar-refractivity contribution in [2.45, 2.75) is 32.2 Å². The first-order chi connectivity index (χ1) is 9.20. The molecule has 4 heteroatoms. The lowest BCUT2D eigenvalue weighted by molar-refractivity contribution is 0.0605. The maximum atomic E-state index is 5.46. The van der Waals surface area contributed by atoms with Crippen molar-refractivity contribution in [2.75, 3.05) is 19.8 Å². The molecule has 1 atom stereocenters. The molecule has 1 aliphatic rings. The summed E-state index contributed by atoms with van der Waals surface area (Å²) in [7, 11) is 0. The van der Waals surface area contributed by atoms with Gasteiger partial charge in [0.1, 0.15) is 0 Å². The van der Waals surface area contributed by atoms with Crippen molar-refractivity contribution >= 4 is 38.5 Å². The van der Waals surface area contributed by atoms with Crippen LogP contribution in [-0.4, -0.2) is 19.8 Å². The standard InChI is InChI=1S/C15H21BrINO/c1-2-18-15(9-11-5-7-19-8-6-11)13-10-12(16)3-4-14(13)17/h3-4,10-11,15,18H,2,5-9H2,1H3. The number of halogens is 2. The number of benzene rings is 1. The third-order valence-corrected chi connectivity index (χ3v) is 5.17. The molecule has 0 amide bonds. The molecule has 19 heavy (non-hydrogen) atoms. The summed E-state index contributed by atoms with van der Waals surface area (Å²) in [5.74, 6) is 0.785. The van der Waals surface area contributed by atoms with Gasteiger partial charge in [0, 0.05) is 27.3 Å². The average Bonchev–Trinajstić information content (AvgIpc) is 2.42. The summed E-state index contributed by atoms with van der Waals surface area (Å²) in [4.78, 5) is 0. The fourth-order valence-electron chi connectivity index (χ4n) is 2.66. The van der Waals surface area contributed by atoms with Crippen LogP contribution in [0, 0.1) is 9.49 Å². The van der Waals surface area contributed by atoms with E-state index in [1.54, 1.807) is 0 Å². The highest BCUT2D eigenvalue weighted by atomic mass is 127. The van der Waals surface area contributed by atoms with E-state index in [1.165, 1.54) is 28.4 Å². The second-order valence-corrected chi connectivity index (χ2v) is 7.15. The molecule has 1 heterocycles. The first-order valence-electron chi connectivity index (χ1n) is 6.96. The van der Waals surface area contributed by atoms with Crippen LogP contribution in [0.5, 0.6) is 0 Å². The molecule has 2 rings (SSSR count). The molecule has 1 aromatic carbocycles. The summed E-state index contributed by atoms with van der Waals surface area (Å²) in [5, 5.41) is 3.65. The van der Waals surface area contributed by atoms with E-state index in [1.807, 2.05) is 0 Å². The van der Waals surface area contributed by atoms with Crippen LogP contribution in [-0.2, 0) is 4.74 Å². The van der Waals surface area contributed by atoms with Crippen LogP contribution < -0.4 is 5.32 Å². The Labute approximate surface area is 138 Å². The lowest BCUT2D eigenvalue weighted by Gasteiger charge is -2.28. The molecule has 0 spiro atoms. The first-order valence-corrected chi connectivity index (χ1v) is 8.84. The van der Waals surface area contributed by atoms with Crippen molar-refractivity contribution in [3.8, 4) is 0 Å². The molecule has 2 nitrogen and oxygen atoms in total. The number of hydrogen-bond donors (Lipinski definition) is 1. The van der Waals surface area contributed by atoms with Gasteiger partial charge in [0.2, 0.25) is 0 Å². The smallest absolute Gasteiger partial charge is 0.0468 e. The monoisotopic (exact) mass is 437 g/mol. The largest absolute Gasteiger partial charge is 0.381 e. The van der Waals surface area contributed by atoms with Gasteiger partial charge < -0.3 is 10.1 Å². The highest BCUT2D eigenvalue weighted by Gasteiger charge is 2.21.